The van der Waals surface area contributed by atoms with Crippen molar-refractivity contribution in [2.45, 2.75) is 32.7 Å². The van der Waals surface area contributed by atoms with Crippen molar-refractivity contribution < 1.29 is 4.42 Å². The van der Waals surface area contributed by atoms with E-state index in [0.717, 1.165) is 29.2 Å². The quantitative estimate of drug-likeness (QED) is 0.883. The summed E-state index contributed by atoms with van der Waals surface area (Å²) < 4.78 is 7.75. The lowest BCUT2D eigenvalue weighted by Gasteiger charge is -2.03. The summed E-state index contributed by atoms with van der Waals surface area (Å²) in [7, 11) is 1.90. The van der Waals surface area contributed by atoms with Gasteiger partial charge in [-0.1, -0.05) is 13.8 Å². The van der Waals surface area contributed by atoms with Crippen molar-refractivity contribution in [1.82, 2.24) is 9.78 Å². The number of rotatable bonds is 4. The zero-order valence-corrected chi connectivity index (χ0v) is 10.6. The van der Waals surface area contributed by atoms with Crippen molar-refractivity contribution in [1.29, 1.82) is 0 Å². The molecule has 0 fully saturated rings. The third-order valence-corrected chi connectivity index (χ3v) is 3.20. The monoisotopic (exact) mass is 233 g/mol. The maximum absolute atomic E-state index is 5.94. The molecule has 1 atom stereocenters. The Kier molecular flexibility index (Phi) is 3.33. The average molecular weight is 233 g/mol. The fraction of sp³-hybridized carbons (Fsp3) is 0.462. The standard InChI is InChI=1S/C13H19N3O/c1-4-9(2)12-7-10(8-14)13(17-12)11-5-6-15-16(11)3/h5-7,9H,4,8,14H2,1-3H3. The minimum Gasteiger partial charge on any atom is -0.459 e. The van der Waals surface area contributed by atoms with E-state index in [0.29, 0.717) is 12.5 Å². The normalized spacial score (nSPS) is 12.9. The highest BCUT2D eigenvalue weighted by molar-refractivity contribution is 5.57. The highest BCUT2D eigenvalue weighted by Gasteiger charge is 2.17. The Balaban J connectivity index is 2.47. The van der Waals surface area contributed by atoms with E-state index < -0.39 is 0 Å². The summed E-state index contributed by atoms with van der Waals surface area (Å²) >= 11 is 0. The molecule has 0 aliphatic carbocycles. The van der Waals surface area contributed by atoms with Crippen molar-refractivity contribution in [3.63, 3.8) is 0 Å². The van der Waals surface area contributed by atoms with Gasteiger partial charge in [-0.15, -0.1) is 0 Å². The molecule has 2 N–H and O–H groups in total. The predicted molar refractivity (Wildman–Crippen MR) is 67.5 cm³/mol. The summed E-state index contributed by atoms with van der Waals surface area (Å²) in [6.45, 7) is 4.80. The van der Waals surface area contributed by atoms with Gasteiger partial charge in [-0.2, -0.15) is 5.10 Å². The topological polar surface area (TPSA) is 57.0 Å². The van der Waals surface area contributed by atoms with Crippen LogP contribution in [-0.4, -0.2) is 9.78 Å². The first kappa shape index (κ1) is 11.9. The molecule has 0 bridgehead atoms. The molecule has 1 unspecified atom stereocenters. The van der Waals surface area contributed by atoms with E-state index in [2.05, 4.69) is 25.0 Å². The molecule has 0 aliphatic rings. The third-order valence-electron chi connectivity index (χ3n) is 3.20. The van der Waals surface area contributed by atoms with E-state index in [1.54, 1.807) is 10.9 Å². The summed E-state index contributed by atoms with van der Waals surface area (Å²) in [5.74, 6) is 2.27. The lowest BCUT2D eigenvalue weighted by molar-refractivity contribution is 0.475. The number of aromatic nitrogens is 2. The van der Waals surface area contributed by atoms with Crippen molar-refractivity contribution in [2.75, 3.05) is 0 Å². The number of hydrogen-bond acceptors (Lipinski definition) is 3. The van der Waals surface area contributed by atoms with Crippen LogP contribution in [0.5, 0.6) is 0 Å². The molecule has 0 aliphatic heterocycles. The van der Waals surface area contributed by atoms with Gasteiger partial charge in [-0.3, -0.25) is 4.68 Å². The molecule has 92 valence electrons. The molecule has 0 saturated carbocycles. The predicted octanol–water partition coefficient (Wildman–Crippen LogP) is 2.65. The lowest BCUT2D eigenvalue weighted by Crippen LogP contribution is -1.99. The van der Waals surface area contributed by atoms with E-state index in [1.807, 2.05) is 13.1 Å². The molecule has 2 rings (SSSR count). The molecule has 2 heterocycles. The van der Waals surface area contributed by atoms with Crippen LogP contribution >= 0.6 is 0 Å². The number of nitrogens with two attached hydrogens (primary N) is 1. The van der Waals surface area contributed by atoms with Crippen molar-refractivity contribution in [3.8, 4) is 11.5 Å². The third kappa shape index (κ3) is 2.13. The van der Waals surface area contributed by atoms with Crippen LogP contribution in [0.2, 0.25) is 0 Å². The summed E-state index contributed by atoms with van der Waals surface area (Å²) in [6, 6.07) is 4.01. The van der Waals surface area contributed by atoms with Gasteiger partial charge in [-0.05, 0) is 18.6 Å². The Hall–Kier alpha value is -1.55. The van der Waals surface area contributed by atoms with Gasteiger partial charge < -0.3 is 10.2 Å². The summed E-state index contributed by atoms with van der Waals surface area (Å²) in [6.07, 6.45) is 2.82. The van der Waals surface area contributed by atoms with Crippen molar-refractivity contribution in [3.05, 3.63) is 29.7 Å². The van der Waals surface area contributed by atoms with E-state index in [1.165, 1.54) is 0 Å². The average Bonchev–Trinajstić information content (AvgIpc) is 2.93. The second-order valence-electron chi connectivity index (χ2n) is 4.36. The molecule has 2 aromatic rings. The van der Waals surface area contributed by atoms with Gasteiger partial charge in [0.15, 0.2) is 5.76 Å². The fourth-order valence-corrected chi connectivity index (χ4v) is 1.86. The smallest absolute Gasteiger partial charge is 0.156 e. The molecule has 0 spiro atoms. The first-order valence-electron chi connectivity index (χ1n) is 5.98. The van der Waals surface area contributed by atoms with Gasteiger partial charge in [-0.25, -0.2) is 0 Å². The molecule has 0 radical (unpaired) electrons. The first-order chi connectivity index (χ1) is 8.17. The maximum Gasteiger partial charge on any atom is 0.156 e. The van der Waals surface area contributed by atoms with Crippen LogP contribution < -0.4 is 5.73 Å². The SMILES string of the molecule is CCC(C)c1cc(CN)c(-c2ccnn2C)o1. The van der Waals surface area contributed by atoms with Crippen molar-refractivity contribution in [2.24, 2.45) is 12.8 Å². The van der Waals surface area contributed by atoms with Crippen LogP contribution in [0.25, 0.3) is 11.5 Å². The highest BCUT2D eigenvalue weighted by Crippen LogP contribution is 2.31. The molecular formula is C13H19N3O. The first-order valence-corrected chi connectivity index (χ1v) is 5.98. The molecule has 0 saturated heterocycles. The minimum atomic E-state index is 0.419. The molecular weight excluding hydrogens is 214 g/mol. The molecule has 0 amide bonds. The summed E-state index contributed by atoms with van der Waals surface area (Å²) in [5, 5.41) is 4.16. The second kappa shape index (κ2) is 4.75. The fourth-order valence-electron chi connectivity index (χ4n) is 1.86. The lowest BCUT2D eigenvalue weighted by atomic mass is 10.1. The molecule has 4 heteroatoms. The van der Waals surface area contributed by atoms with Gasteiger partial charge in [0.2, 0.25) is 0 Å². The van der Waals surface area contributed by atoms with Gasteiger partial charge in [0.05, 0.1) is 0 Å². The van der Waals surface area contributed by atoms with E-state index in [4.69, 9.17) is 10.2 Å². The number of aryl methyl sites for hydroxylation is 1. The maximum atomic E-state index is 5.94. The van der Waals surface area contributed by atoms with Gasteiger partial charge in [0.25, 0.3) is 0 Å². The zero-order valence-electron chi connectivity index (χ0n) is 10.6. The number of hydrogen-bond donors (Lipinski definition) is 1. The van der Waals surface area contributed by atoms with Crippen molar-refractivity contribution >= 4 is 0 Å². The Morgan fingerprint density at radius 2 is 2.29 bits per heavy atom. The second-order valence-corrected chi connectivity index (χ2v) is 4.36. The van der Waals surface area contributed by atoms with Crippen LogP contribution in [0.15, 0.2) is 22.7 Å². The Labute approximate surface area is 101 Å². The van der Waals surface area contributed by atoms with Crippen LogP contribution in [0.4, 0.5) is 0 Å². The van der Waals surface area contributed by atoms with Gasteiger partial charge in [0, 0.05) is 31.3 Å². The molecule has 2 aromatic heterocycles. The highest BCUT2D eigenvalue weighted by atomic mass is 16.3. The van der Waals surface area contributed by atoms with Crippen LogP contribution in [0.1, 0.15) is 37.5 Å². The van der Waals surface area contributed by atoms with E-state index >= 15 is 0 Å². The largest absolute Gasteiger partial charge is 0.459 e. The van der Waals surface area contributed by atoms with Crippen LogP contribution in [0, 0.1) is 0 Å². The molecule has 4 nitrogen and oxygen atoms in total. The summed E-state index contributed by atoms with van der Waals surface area (Å²) in [5.41, 5.74) is 7.79. The van der Waals surface area contributed by atoms with E-state index in [9.17, 15) is 0 Å². The molecule has 0 aromatic carbocycles. The Bertz CT molecular complexity index is 498. The Morgan fingerprint density at radius 3 is 2.82 bits per heavy atom. The van der Waals surface area contributed by atoms with E-state index in [-0.39, 0.29) is 0 Å². The summed E-state index contributed by atoms with van der Waals surface area (Å²) in [4.78, 5) is 0. The van der Waals surface area contributed by atoms with Crippen LogP contribution in [0.3, 0.4) is 0 Å². The van der Waals surface area contributed by atoms with Gasteiger partial charge in [0.1, 0.15) is 11.5 Å². The van der Waals surface area contributed by atoms with Crippen LogP contribution in [-0.2, 0) is 13.6 Å². The number of nitrogens with zero attached hydrogens (tertiary/aromatic N) is 2. The Morgan fingerprint density at radius 1 is 1.53 bits per heavy atom. The van der Waals surface area contributed by atoms with Gasteiger partial charge >= 0.3 is 0 Å². The zero-order chi connectivity index (χ0) is 12.4. The minimum absolute atomic E-state index is 0.419. The molecule has 17 heavy (non-hydrogen) atoms. The number of furan rings is 1.